The number of rotatable bonds is 7. The SMILES string of the molecule is CCOC(=O)c1ccccc1Nc1nccc(Nc2c(C)cccc2CC)n1. The molecule has 0 fully saturated rings. The van der Waals surface area contributed by atoms with Gasteiger partial charge in [-0.1, -0.05) is 37.3 Å². The van der Waals surface area contributed by atoms with Gasteiger partial charge in [0.05, 0.1) is 17.9 Å². The van der Waals surface area contributed by atoms with E-state index >= 15 is 0 Å². The average molecular weight is 376 g/mol. The summed E-state index contributed by atoms with van der Waals surface area (Å²) < 4.78 is 5.12. The van der Waals surface area contributed by atoms with Crippen LogP contribution in [0.3, 0.4) is 0 Å². The molecule has 0 aliphatic carbocycles. The zero-order chi connectivity index (χ0) is 19.9. The highest BCUT2D eigenvalue weighted by atomic mass is 16.5. The first-order valence-electron chi connectivity index (χ1n) is 9.34. The maximum Gasteiger partial charge on any atom is 0.340 e. The third-order valence-corrected chi connectivity index (χ3v) is 4.32. The van der Waals surface area contributed by atoms with Crippen molar-refractivity contribution >= 4 is 29.1 Å². The number of nitrogens with one attached hydrogen (secondary N) is 2. The highest BCUT2D eigenvalue weighted by Gasteiger charge is 2.13. The van der Waals surface area contributed by atoms with Crippen LogP contribution in [0.2, 0.25) is 0 Å². The van der Waals surface area contributed by atoms with Crippen LogP contribution in [0.4, 0.5) is 23.1 Å². The third kappa shape index (κ3) is 4.46. The topological polar surface area (TPSA) is 76.1 Å². The lowest BCUT2D eigenvalue weighted by atomic mass is 10.1. The highest BCUT2D eigenvalue weighted by Crippen LogP contribution is 2.25. The van der Waals surface area contributed by atoms with Crippen LogP contribution in [-0.4, -0.2) is 22.5 Å². The molecule has 2 N–H and O–H groups in total. The molecule has 6 heteroatoms. The Morgan fingerprint density at radius 2 is 1.86 bits per heavy atom. The predicted octanol–water partition coefficient (Wildman–Crippen LogP) is 5.01. The molecule has 3 rings (SSSR count). The third-order valence-electron chi connectivity index (χ3n) is 4.32. The molecule has 6 nitrogen and oxygen atoms in total. The number of nitrogens with zero attached hydrogens (tertiary/aromatic N) is 2. The molecule has 144 valence electrons. The van der Waals surface area contributed by atoms with Gasteiger partial charge >= 0.3 is 5.97 Å². The standard InChI is InChI=1S/C22H24N4O2/c1-4-16-10-8-9-15(3)20(16)25-19-13-14-23-22(26-19)24-18-12-7-6-11-17(18)21(27)28-5-2/h6-14H,4-5H2,1-3H3,(H2,23,24,25,26). The molecule has 0 atom stereocenters. The van der Waals surface area contributed by atoms with E-state index in [1.165, 1.54) is 5.56 Å². The fraction of sp³-hybridized carbons (Fsp3) is 0.227. The highest BCUT2D eigenvalue weighted by molar-refractivity contribution is 5.96. The van der Waals surface area contributed by atoms with Crippen LogP contribution in [0, 0.1) is 6.92 Å². The number of hydrogen-bond donors (Lipinski definition) is 2. The Hall–Kier alpha value is -3.41. The number of aromatic nitrogens is 2. The lowest BCUT2D eigenvalue weighted by Crippen LogP contribution is -2.09. The second-order valence-electron chi connectivity index (χ2n) is 6.24. The summed E-state index contributed by atoms with van der Waals surface area (Å²) in [5.74, 6) is 0.691. The molecule has 0 spiro atoms. The fourth-order valence-electron chi connectivity index (χ4n) is 2.92. The molecule has 0 aliphatic heterocycles. The first kappa shape index (κ1) is 19.4. The molecule has 0 unspecified atom stereocenters. The average Bonchev–Trinajstić information content (AvgIpc) is 2.70. The summed E-state index contributed by atoms with van der Waals surface area (Å²) in [7, 11) is 0. The quantitative estimate of drug-likeness (QED) is 0.565. The first-order chi connectivity index (χ1) is 13.6. The van der Waals surface area contributed by atoms with Crippen LogP contribution in [0.15, 0.2) is 54.7 Å². The predicted molar refractivity (Wildman–Crippen MR) is 112 cm³/mol. The van der Waals surface area contributed by atoms with E-state index in [4.69, 9.17) is 4.74 Å². The Balaban J connectivity index is 1.85. The molecular formula is C22H24N4O2. The van der Waals surface area contributed by atoms with Crippen molar-refractivity contribution in [2.45, 2.75) is 27.2 Å². The number of hydrogen-bond acceptors (Lipinski definition) is 6. The zero-order valence-corrected chi connectivity index (χ0v) is 16.3. The van der Waals surface area contributed by atoms with Crippen LogP contribution in [0.25, 0.3) is 0 Å². The van der Waals surface area contributed by atoms with Gasteiger partial charge in [-0.05, 0) is 49.6 Å². The van der Waals surface area contributed by atoms with Crippen molar-refractivity contribution in [3.63, 3.8) is 0 Å². The Bertz CT molecular complexity index is 972. The number of benzene rings is 2. The fourth-order valence-corrected chi connectivity index (χ4v) is 2.92. The molecule has 0 radical (unpaired) electrons. The first-order valence-corrected chi connectivity index (χ1v) is 9.34. The van der Waals surface area contributed by atoms with Crippen molar-refractivity contribution in [3.8, 4) is 0 Å². The summed E-state index contributed by atoms with van der Waals surface area (Å²) in [4.78, 5) is 21.0. The lowest BCUT2D eigenvalue weighted by Gasteiger charge is -2.14. The lowest BCUT2D eigenvalue weighted by molar-refractivity contribution is 0.0527. The molecule has 1 aromatic heterocycles. The van der Waals surface area contributed by atoms with Gasteiger partial charge in [0.15, 0.2) is 0 Å². The number of ether oxygens (including phenoxy) is 1. The van der Waals surface area contributed by atoms with E-state index in [2.05, 4.69) is 52.6 Å². The molecule has 0 amide bonds. The van der Waals surface area contributed by atoms with E-state index in [9.17, 15) is 4.79 Å². The van der Waals surface area contributed by atoms with E-state index < -0.39 is 0 Å². The van der Waals surface area contributed by atoms with Crippen LogP contribution < -0.4 is 10.6 Å². The Morgan fingerprint density at radius 1 is 1.04 bits per heavy atom. The minimum Gasteiger partial charge on any atom is -0.462 e. The Labute approximate surface area is 165 Å². The van der Waals surface area contributed by atoms with E-state index in [-0.39, 0.29) is 5.97 Å². The maximum absolute atomic E-state index is 12.2. The smallest absolute Gasteiger partial charge is 0.340 e. The Morgan fingerprint density at radius 3 is 2.64 bits per heavy atom. The second kappa shape index (κ2) is 8.99. The number of anilines is 4. The van der Waals surface area contributed by atoms with Crippen molar-refractivity contribution < 1.29 is 9.53 Å². The number of esters is 1. The van der Waals surface area contributed by atoms with Crippen LogP contribution in [0.5, 0.6) is 0 Å². The van der Waals surface area contributed by atoms with Crippen LogP contribution in [-0.2, 0) is 11.2 Å². The number of carbonyl (C=O) groups excluding carboxylic acids is 1. The molecule has 0 bridgehead atoms. The van der Waals surface area contributed by atoms with Gasteiger partial charge in [-0.2, -0.15) is 4.98 Å². The van der Waals surface area contributed by atoms with Gasteiger partial charge in [0.2, 0.25) is 5.95 Å². The monoisotopic (exact) mass is 376 g/mol. The zero-order valence-electron chi connectivity index (χ0n) is 16.3. The van der Waals surface area contributed by atoms with Crippen molar-refractivity contribution in [2.24, 2.45) is 0 Å². The minimum absolute atomic E-state index is 0.319. The number of carbonyl (C=O) groups is 1. The van der Waals surface area contributed by atoms with Crippen LogP contribution in [0.1, 0.15) is 35.3 Å². The molecule has 1 heterocycles. The largest absolute Gasteiger partial charge is 0.462 e. The van der Waals surface area contributed by atoms with Crippen molar-refractivity contribution in [1.82, 2.24) is 9.97 Å². The summed E-state index contributed by atoms with van der Waals surface area (Å²) in [5, 5.41) is 6.51. The van der Waals surface area contributed by atoms with Gasteiger partial charge in [-0.3, -0.25) is 0 Å². The number of aryl methyl sites for hydroxylation is 2. The number of para-hydroxylation sites is 2. The molecule has 0 aliphatic rings. The van der Waals surface area contributed by atoms with Crippen LogP contribution >= 0.6 is 0 Å². The summed E-state index contributed by atoms with van der Waals surface area (Å²) in [6, 6.07) is 15.2. The van der Waals surface area contributed by atoms with E-state index in [1.54, 1.807) is 31.3 Å². The van der Waals surface area contributed by atoms with E-state index in [1.807, 2.05) is 12.1 Å². The van der Waals surface area contributed by atoms with Gasteiger partial charge < -0.3 is 15.4 Å². The van der Waals surface area contributed by atoms with Gasteiger partial charge in [-0.25, -0.2) is 9.78 Å². The minimum atomic E-state index is -0.382. The van der Waals surface area contributed by atoms with Crippen molar-refractivity contribution in [1.29, 1.82) is 0 Å². The second-order valence-corrected chi connectivity index (χ2v) is 6.24. The van der Waals surface area contributed by atoms with E-state index in [0.29, 0.717) is 29.6 Å². The summed E-state index contributed by atoms with van der Waals surface area (Å²) in [6.07, 6.45) is 2.60. The molecule has 0 saturated heterocycles. The summed E-state index contributed by atoms with van der Waals surface area (Å²) in [6.45, 7) is 6.29. The van der Waals surface area contributed by atoms with Gasteiger partial charge in [0.1, 0.15) is 5.82 Å². The normalized spacial score (nSPS) is 10.4. The maximum atomic E-state index is 12.2. The Kier molecular flexibility index (Phi) is 6.22. The van der Waals surface area contributed by atoms with Crippen molar-refractivity contribution in [3.05, 3.63) is 71.4 Å². The molecule has 0 saturated carbocycles. The summed E-state index contributed by atoms with van der Waals surface area (Å²) >= 11 is 0. The molecular weight excluding hydrogens is 352 g/mol. The molecule has 2 aromatic carbocycles. The van der Waals surface area contributed by atoms with Gasteiger partial charge in [0.25, 0.3) is 0 Å². The summed E-state index contributed by atoms with van der Waals surface area (Å²) in [5.41, 5.74) is 4.48. The van der Waals surface area contributed by atoms with Gasteiger partial charge in [-0.15, -0.1) is 0 Å². The molecule has 3 aromatic rings. The molecule has 28 heavy (non-hydrogen) atoms. The van der Waals surface area contributed by atoms with Gasteiger partial charge in [0, 0.05) is 11.9 Å². The van der Waals surface area contributed by atoms with Crippen molar-refractivity contribution in [2.75, 3.05) is 17.2 Å². The van der Waals surface area contributed by atoms with E-state index in [0.717, 1.165) is 17.7 Å².